The zero-order chi connectivity index (χ0) is 17.7. The van der Waals surface area contributed by atoms with Gasteiger partial charge in [-0.2, -0.15) is 0 Å². The van der Waals surface area contributed by atoms with Crippen LogP contribution in [0.3, 0.4) is 0 Å². The Labute approximate surface area is 143 Å². The second-order valence-electron chi connectivity index (χ2n) is 4.68. The fourth-order valence-electron chi connectivity index (χ4n) is 2.07. The summed E-state index contributed by atoms with van der Waals surface area (Å²) in [6.45, 7) is -0.304. The van der Waals surface area contributed by atoms with E-state index in [0.717, 1.165) is 0 Å². The zero-order valence-corrected chi connectivity index (χ0v) is 14.1. The predicted octanol–water partition coefficient (Wildman–Crippen LogP) is 3.86. The molecule has 0 fully saturated rings. The van der Waals surface area contributed by atoms with Gasteiger partial charge in [-0.3, -0.25) is 0 Å². The van der Waals surface area contributed by atoms with E-state index in [9.17, 15) is 9.18 Å². The number of carbonyl (C=O) groups is 1. The molecule has 2 aromatic carbocycles. The maximum absolute atomic E-state index is 13.7. The Bertz CT molecular complexity index is 728. The van der Waals surface area contributed by atoms with Gasteiger partial charge >= 0.3 is 5.97 Å². The zero-order valence-electron chi connectivity index (χ0n) is 13.4. The number of carbonyl (C=O) groups excluding carboxylic acids is 1. The highest BCUT2D eigenvalue weighted by Crippen LogP contribution is 2.35. The standard InChI is InChI=1S/C17H16ClFO5/c1-21-14-8-16(23-3)15(22-2)7-10(14)17(20)24-9-11-12(18)5-4-6-13(11)19/h4-8H,9H2,1-3H3. The minimum Gasteiger partial charge on any atom is -0.496 e. The molecule has 0 amide bonds. The van der Waals surface area contributed by atoms with Crippen LogP contribution in [0, 0.1) is 5.82 Å². The molecule has 0 spiro atoms. The van der Waals surface area contributed by atoms with Gasteiger partial charge in [0.2, 0.25) is 0 Å². The number of methoxy groups -OCH3 is 3. The van der Waals surface area contributed by atoms with Crippen LogP contribution < -0.4 is 14.2 Å². The van der Waals surface area contributed by atoms with Crippen molar-refractivity contribution in [1.82, 2.24) is 0 Å². The summed E-state index contributed by atoms with van der Waals surface area (Å²) in [5.74, 6) is -0.254. The summed E-state index contributed by atoms with van der Waals surface area (Å²) in [6.07, 6.45) is 0. The van der Waals surface area contributed by atoms with Crippen LogP contribution in [-0.4, -0.2) is 27.3 Å². The van der Waals surface area contributed by atoms with Crippen LogP contribution in [0.25, 0.3) is 0 Å². The third-order valence-corrected chi connectivity index (χ3v) is 3.69. The molecule has 0 aromatic heterocycles. The first-order valence-corrected chi connectivity index (χ1v) is 7.29. The third kappa shape index (κ3) is 3.71. The molecule has 0 N–H and O–H groups in total. The molecule has 0 aliphatic rings. The molecule has 2 rings (SSSR count). The van der Waals surface area contributed by atoms with Crippen LogP contribution in [0.4, 0.5) is 4.39 Å². The first-order valence-electron chi connectivity index (χ1n) is 6.91. The summed E-state index contributed by atoms with van der Waals surface area (Å²) < 4.78 is 34.4. The van der Waals surface area contributed by atoms with Gasteiger partial charge < -0.3 is 18.9 Å². The van der Waals surface area contributed by atoms with E-state index in [1.54, 1.807) is 0 Å². The minimum absolute atomic E-state index is 0.104. The molecule has 0 saturated carbocycles. The van der Waals surface area contributed by atoms with Crippen LogP contribution in [0.5, 0.6) is 17.2 Å². The third-order valence-electron chi connectivity index (χ3n) is 3.33. The average molecular weight is 355 g/mol. The van der Waals surface area contributed by atoms with E-state index in [0.29, 0.717) is 11.5 Å². The van der Waals surface area contributed by atoms with Gasteiger partial charge in [0.25, 0.3) is 0 Å². The van der Waals surface area contributed by atoms with Crippen LogP contribution >= 0.6 is 11.6 Å². The van der Waals surface area contributed by atoms with Crippen LogP contribution in [0.2, 0.25) is 5.02 Å². The van der Waals surface area contributed by atoms with Crippen molar-refractivity contribution in [2.45, 2.75) is 6.61 Å². The minimum atomic E-state index is -0.702. The molecule has 0 aliphatic heterocycles. The smallest absolute Gasteiger partial charge is 0.342 e. The predicted molar refractivity (Wildman–Crippen MR) is 86.6 cm³/mol. The van der Waals surface area contributed by atoms with Gasteiger partial charge in [0.05, 0.1) is 26.4 Å². The summed E-state index contributed by atoms with van der Waals surface area (Å²) in [5, 5.41) is 0.182. The lowest BCUT2D eigenvalue weighted by Gasteiger charge is -2.14. The largest absolute Gasteiger partial charge is 0.496 e. The second kappa shape index (κ2) is 7.88. The Balaban J connectivity index is 2.26. The van der Waals surface area contributed by atoms with Gasteiger partial charge in [-0.1, -0.05) is 17.7 Å². The molecule has 7 heteroatoms. The number of rotatable bonds is 6. The van der Waals surface area contributed by atoms with Crippen molar-refractivity contribution in [1.29, 1.82) is 0 Å². The molecular formula is C17H16ClFO5. The Morgan fingerprint density at radius 1 is 1.04 bits per heavy atom. The van der Waals surface area contributed by atoms with E-state index < -0.39 is 11.8 Å². The normalized spacial score (nSPS) is 10.2. The maximum atomic E-state index is 13.7. The van der Waals surface area contributed by atoms with E-state index in [-0.39, 0.29) is 28.5 Å². The van der Waals surface area contributed by atoms with Crippen molar-refractivity contribution in [3.63, 3.8) is 0 Å². The van der Waals surface area contributed by atoms with E-state index in [2.05, 4.69) is 0 Å². The number of hydrogen-bond donors (Lipinski definition) is 0. The molecule has 0 atom stereocenters. The lowest BCUT2D eigenvalue weighted by Crippen LogP contribution is -2.09. The second-order valence-corrected chi connectivity index (χ2v) is 5.09. The average Bonchev–Trinajstić information content (AvgIpc) is 2.59. The molecular weight excluding hydrogens is 339 g/mol. The van der Waals surface area contributed by atoms with E-state index in [1.807, 2.05) is 0 Å². The van der Waals surface area contributed by atoms with Crippen molar-refractivity contribution >= 4 is 17.6 Å². The number of hydrogen-bond acceptors (Lipinski definition) is 5. The van der Waals surface area contributed by atoms with Gasteiger partial charge in [0.15, 0.2) is 11.5 Å². The summed E-state index contributed by atoms with van der Waals surface area (Å²) in [7, 11) is 4.32. The molecule has 128 valence electrons. The van der Waals surface area contributed by atoms with Crippen LogP contribution in [0.15, 0.2) is 30.3 Å². The topological polar surface area (TPSA) is 54.0 Å². The lowest BCUT2D eigenvalue weighted by molar-refractivity contribution is 0.0465. The summed E-state index contributed by atoms with van der Waals surface area (Å²) in [4.78, 5) is 12.3. The number of ether oxygens (including phenoxy) is 4. The molecule has 0 heterocycles. The quantitative estimate of drug-likeness (QED) is 0.737. The Kier molecular flexibility index (Phi) is 5.87. The number of halogens is 2. The van der Waals surface area contributed by atoms with Crippen molar-refractivity contribution in [2.24, 2.45) is 0 Å². The van der Waals surface area contributed by atoms with E-state index >= 15 is 0 Å². The Morgan fingerprint density at radius 2 is 1.67 bits per heavy atom. The maximum Gasteiger partial charge on any atom is 0.342 e. The number of esters is 1. The molecule has 0 bridgehead atoms. The van der Waals surface area contributed by atoms with Crippen molar-refractivity contribution < 1.29 is 28.1 Å². The molecule has 0 saturated heterocycles. The van der Waals surface area contributed by atoms with Gasteiger partial charge in [0, 0.05) is 17.7 Å². The fraction of sp³-hybridized carbons (Fsp3) is 0.235. The fourth-order valence-corrected chi connectivity index (χ4v) is 2.29. The van der Waals surface area contributed by atoms with Crippen LogP contribution in [-0.2, 0) is 11.3 Å². The highest BCUT2D eigenvalue weighted by Gasteiger charge is 2.20. The summed E-state index contributed by atoms with van der Waals surface area (Å²) in [6, 6.07) is 7.17. The Hall–Kier alpha value is -2.47. The molecule has 0 aliphatic carbocycles. The highest BCUT2D eigenvalue weighted by atomic mass is 35.5. The van der Waals surface area contributed by atoms with Gasteiger partial charge in [-0.25, -0.2) is 9.18 Å². The lowest BCUT2D eigenvalue weighted by atomic mass is 10.1. The molecule has 24 heavy (non-hydrogen) atoms. The summed E-state index contributed by atoms with van der Waals surface area (Å²) in [5.41, 5.74) is 0.231. The van der Waals surface area contributed by atoms with Gasteiger partial charge in [-0.05, 0) is 12.1 Å². The highest BCUT2D eigenvalue weighted by molar-refractivity contribution is 6.31. The van der Waals surface area contributed by atoms with Crippen LogP contribution in [0.1, 0.15) is 15.9 Å². The van der Waals surface area contributed by atoms with Gasteiger partial charge in [-0.15, -0.1) is 0 Å². The first-order chi connectivity index (χ1) is 11.5. The molecule has 0 unspecified atom stereocenters. The first kappa shape index (κ1) is 17.9. The molecule has 2 aromatic rings. The number of benzene rings is 2. The molecule has 0 radical (unpaired) electrons. The van der Waals surface area contributed by atoms with Crippen molar-refractivity contribution in [2.75, 3.05) is 21.3 Å². The van der Waals surface area contributed by atoms with Crippen molar-refractivity contribution in [3.05, 3.63) is 52.3 Å². The van der Waals surface area contributed by atoms with Crippen molar-refractivity contribution in [3.8, 4) is 17.2 Å². The SMILES string of the molecule is COc1cc(OC)c(C(=O)OCc2c(F)cccc2Cl)cc1OC. The molecule has 5 nitrogen and oxygen atoms in total. The van der Waals surface area contributed by atoms with E-state index in [1.165, 1.54) is 51.7 Å². The Morgan fingerprint density at radius 3 is 2.25 bits per heavy atom. The van der Waals surface area contributed by atoms with Gasteiger partial charge in [0.1, 0.15) is 23.7 Å². The monoisotopic (exact) mass is 354 g/mol. The summed E-state index contributed by atoms with van der Waals surface area (Å²) >= 11 is 5.91. The van der Waals surface area contributed by atoms with E-state index in [4.69, 9.17) is 30.5 Å².